The first kappa shape index (κ1) is 13.4. The molecule has 0 unspecified atom stereocenters. The quantitative estimate of drug-likeness (QED) is 0.883. The first-order chi connectivity index (χ1) is 8.70. The zero-order valence-electron chi connectivity index (χ0n) is 10.1. The molecule has 18 heavy (non-hydrogen) atoms. The van der Waals surface area contributed by atoms with E-state index in [-0.39, 0.29) is 0 Å². The largest absolute Gasteiger partial charge is 0.365 e. The van der Waals surface area contributed by atoms with Crippen LogP contribution in [0.4, 0.5) is 5.82 Å². The second-order valence-corrected chi connectivity index (χ2v) is 5.28. The Kier molecular flexibility index (Phi) is 4.61. The fraction of sp³-hybridized carbons (Fsp3) is 0.214. The predicted molar refractivity (Wildman–Crippen MR) is 80.1 cm³/mol. The van der Waals surface area contributed by atoms with E-state index < -0.39 is 0 Å². The van der Waals surface area contributed by atoms with E-state index in [2.05, 4.69) is 51.4 Å². The van der Waals surface area contributed by atoms with Gasteiger partial charge in [-0.3, -0.25) is 0 Å². The second kappa shape index (κ2) is 6.21. The van der Waals surface area contributed by atoms with Gasteiger partial charge in [0.1, 0.15) is 5.82 Å². The lowest BCUT2D eigenvalue weighted by atomic mass is 10.1. The Labute approximate surface area is 121 Å². The molecule has 94 valence electrons. The molecule has 1 aromatic carbocycles. The standard InChI is InChI=1S/C14H14BrClN2/c1-2-10-5-3-4-6-11(10)8-17-14-13(16)7-12(15)9-18-14/h3-7,9H,2,8H2,1H3,(H,17,18). The molecule has 2 rings (SSSR count). The first-order valence-electron chi connectivity index (χ1n) is 5.82. The number of anilines is 1. The minimum Gasteiger partial charge on any atom is -0.365 e. The van der Waals surface area contributed by atoms with Crippen molar-refractivity contribution in [3.8, 4) is 0 Å². The molecular formula is C14H14BrClN2. The van der Waals surface area contributed by atoms with Crippen LogP contribution in [0.5, 0.6) is 0 Å². The van der Waals surface area contributed by atoms with Gasteiger partial charge in [0.15, 0.2) is 0 Å². The van der Waals surface area contributed by atoms with Crippen LogP contribution in [-0.2, 0) is 13.0 Å². The summed E-state index contributed by atoms with van der Waals surface area (Å²) in [5, 5.41) is 3.89. The van der Waals surface area contributed by atoms with Gasteiger partial charge in [-0.1, -0.05) is 42.8 Å². The van der Waals surface area contributed by atoms with Crippen LogP contribution in [-0.4, -0.2) is 4.98 Å². The van der Waals surface area contributed by atoms with Gasteiger partial charge in [-0.05, 0) is 39.5 Å². The Morgan fingerprint density at radius 1 is 1.28 bits per heavy atom. The maximum Gasteiger partial charge on any atom is 0.145 e. The van der Waals surface area contributed by atoms with Crippen molar-refractivity contribution in [2.75, 3.05) is 5.32 Å². The van der Waals surface area contributed by atoms with Crippen molar-refractivity contribution in [2.45, 2.75) is 19.9 Å². The summed E-state index contributed by atoms with van der Waals surface area (Å²) in [5.74, 6) is 0.714. The third-order valence-electron chi connectivity index (χ3n) is 2.75. The van der Waals surface area contributed by atoms with Gasteiger partial charge in [-0.25, -0.2) is 4.98 Å². The molecule has 0 atom stereocenters. The van der Waals surface area contributed by atoms with E-state index in [4.69, 9.17) is 11.6 Å². The molecule has 0 radical (unpaired) electrons. The molecule has 1 heterocycles. The van der Waals surface area contributed by atoms with Crippen LogP contribution < -0.4 is 5.32 Å². The highest BCUT2D eigenvalue weighted by molar-refractivity contribution is 9.10. The number of nitrogens with zero attached hydrogens (tertiary/aromatic N) is 1. The van der Waals surface area contributed by atoms with Crippen LogP contribution in [0, 0.1) is 0 Å². The average molecular weight is 326 g/mol. The van der Waals surface area contributed by atoms with Crippen molar-refractivity contribution in [1.29, 1.82) is 0 Å². The number of rotatable bonds is 4. The Morgan fingerprint density at radius 2 is 2.00 bits per heavy atom. The first-order valence-corrected chi connectivity index (χ1v) is 6.99. The van der Waals surface area contributed by atoms with Crippen molar-refractivity contribution >= 4 is 33.3 Å². The highest BCUT2D eigenvalue weighted by Gasteiger charge is 2.04. The molecule has 0 aliphatic heterocycles. The zero-order chi connectivity index (χ0) is 13.0. The molecule has 0 fully saturated rings. The lowest BCUT2D eigenvalue weighted by molar-refractivity contribution is 1.03. The molecule has 0 aliphatic rings. The molecule has 0 saturated heterocycles. The molecule has 0 bridgehead atoms. The van der Waals surface area contributed by atoms with Gasteiger partial charge in [0.05, 0.1) is 5.02 Å². The zero-order valence-corrected chi connectivity index (χ0v) is 12.4. The normalized spacial score (nSPS) is 10.4. The van der Waals surface area contributed by atoms with Gasteiger partial charge in [0.25, 0.3) is 0 Å². The summed E-state index contributed by atoms with van der Waals surface area (Å²) in [6, 6.07) is 10.2. The van der Waals surface area contributed by atoms with Crippen LogP contribution in [0.2, 0.25) is 5.02 Å². The predicted octanol–water partition coefficient (Wildman–Crippen LogP) is 4.67. The maximum atomic E-state index is 6.11. The lowest BCUT2D eigenvalue weighted by Gasteiger charge is -2.10. The molecule has 0 aliphatic carbocycles. The van der Waals surface area contributed by atoms with Gasteiger partial charge < -0.3 is 5.32 Å². The van der Waals surface area contributed by atoms with Crippen LogP contribution in [0.15, 0.2) is 41.0 Å². The van der Waals surface area contributed by atoms with Gasteiger partial charge in [-0.2, -0.15) is 0 Å². The molecule has 0 amide bonds. The summed E-state index contributed by atoms with van der Waals surface area (Å²) in [6.07, 6.45) is 2.76. The van der Waals surface area contributed by atoms with E-state index in [1.165, 1.54) is 11.1 Å². The van der Waals surface area contributed by atoms with E-state index in [1.54, 1.807) is 6.20 Å². The summed E-state index contributed by atoms with van der Waals surface area (Å²) < 4.78 is 0.881. The fourth-order valence-corrected chi connectivity index (χ4v) is 2.49. The van der Waals surface area contributed by atoms with Crippen LogP contribution >= 0.6 is 27.5 Å². The van der Waals surface area contributed by atoms with Gasteiger partial charge >= 0.3 is 0 Å². The summed E-state index contributed by atoms with van der Waals surface area (Å²) in [5.41, 5.74) is 2.62. The number of pyridine rings is 1. The van der Waals surface area contributed by atoms with E-state index in [0.29, 0.717) is 10.8 Å². The number of aromatic nitrogens is 1. The number of halogens is 2. The summed E-state index contributed by atoms with van der Waals surface area (Å²) in [7, 11) is 0. The lowest BCUT2D eigenvalue weighted by Crippen LogP contribution is -2.04. The number of benzene rings is 1. The Balaban J connectivity index is 2.11. The molecule has 1 aromatic heterocycles. The summed E-state index contributed by atoms with van der Waals surface area (Å²) >= 11 is 9.45. The molecule has 2 aromatic rings. The van der Waals surface area contributed by atoms with E-state index >= 15 is 0 Å². The number of hydrogen-bond acceptors (Lipinski definition) is 2. The Morgan fingerprint density at radius 3 is 2.67 bits per heavy atom. The Bertz CT molecular complexity index is 543. The monoisotopic (exact) mass is 324 g/mol. The fourth-order valence-electron chi connectivity index (χ4n) is 1.80. The van der Waals surface area contributed by atoms with E-state index in [9.17, 15) is 0 Å². The minimum absolute atomic E-state index is 0.623. The van der Waals surface area contributed by atoms with Crippen molar-refractivity contribution < 1.29 is 0 Å². The SMILES string of the molecule is CCc1ccccc1CNc1ncc(Br)cc1Cl. The highest BCUT2D eigenvalue weighted by Crippen LogP contribution is 2.23. The van der Waals surface area contributed by atoms with Crippen LogP contribution in [0.25, 0.3) is 0 Å². The van der Waals surface area contributed by atoms with Gasteiger partial charge in [0.2, 0.25) is 0 Å². The molecular weight excluding hydrogens is 312 g/mol. The van der Waals surface area contributed by atoms with Gasteiger partial charge in [0, 0.05) is 17.2 Å². The molecule has 0 saturated carbocycles. The molecule has 1 N–H and O–H groups in total. The highest BCUT2D eigenvalue weighted by atomic mass is 79.9. The number of aryl methyl sites for hydroxylation is 1. The van der Waals surface area contributed by atoms with Crippen molar-refractivity contribution in [3.05, 3.63) is 57.2 Å². The second-order valence-electron chi connectivity index (χ2n) is 3.96. The van der Waals surface area contributed by atoms with Crippen molar-refractivity contribution in [2.24, 2.45) is 0 Å². The van der Waals surface area contributed by atoms with Crippen molar-refractivity contribution in [3.63, 3.8) is 0 Å². The Hall–Kier alpha value is -1.06. The van der Waals surface area contributed by atoms with Crippen LogP contribution in [0.1, 0.15) is 18.1 Å². The maximum absolute atomic E-state index is 6.11. The van der Waals surface area contributed by atoms with Crippen LogP contribution in [0.3, 0.4) is 0 Å². The topological polar surface area (TPSA) is 24.9 Å². The third-order valence-corrected chi connectivity index (χ3v) is 3.48. The number of nitrogens with one attached hydrogen (secondary N) is 1. The smallest absolute Gasteiger partial charge is 0.145 e. The summed E-state index contributed by atoms with van der Waals surface area (Å²) in [6.45, 7) is 2.89. The van der Waals surface area contributed by atoms with E-state index in [1.807, 2.05) is 12.1 Å². The molecule has 0 spiro atoms. The molecule has 2 nitrogen and oxygen atoms in total. The molecule has 4 heteroatoms. The van der Waals surface area contributed by atoms with E-state index in [0.717, 1.165) is 17.4 Å². The minimum atomic E-state index is 0.623. The van der Waals surface area contributed by atoms with Crippen molar-refractivity contribution in [1.82, 2.24) is 4.98 Å². The summed E-state index contributed by atoms with van der Waals surface area (Å²) in [4.78, 5) is 4.26. The average Bonchev–Trinajstić information content (AvgIpc) is 2.38. The van der Waals surface area contributed by atoms with Gasteiger partial charge in [-0.15, -0.1) is 0 Å². The number of hydrogen-bond donors (Lipinski definition) is 1. The third kappa shape index (κ3) is 3.24.